The van der Waals surface area contributed by atoms with Crippen molar-refractivity contribution in [2.24, 2.45) is 0 Å². The van der Waals surface area contributed by atoms with Crippen molar-refractivity contribution in [1.82, 2.24) is 5.32 Å². The van der Waals surface area contributed by atoms with Gasteiger partial charge in [-0.15, -0.1) is 0 Å². The first-order chi connectivity index (χ1) is 7.25. The largest absolute Gasteiger partial charge is 0.507 e. The molecule has 2 nitrogen and oxygen atoms in total. The molecular formula is C12H16BrNO. The highest BCUT2D eigenvalue weighted by atomic mass is 79.9. The van der Waals surface area contributed by atoms with E-state index in [1.54, 1.807) is 0 Å². The quantitative estimate of drug-likeness (QED) is 0.884. The molecule has 0 radical (unpaired) electrons. The Bertz CT molecular complexity index is 334. The zero-order chi connectivity index (χ0) is 10.7. The Morgan fingerprint density at radius 2 is 2.07 bits per heavy atom. The maximum absolute atomic E-state index is 9.52. The van der Waals surface area contributed by atoms with Gasteiger partial charge >= 0.3 is 0 Å². The normalized spacial score (nSPS) is 17.1. The Morgan fingerprint density at radius 1 is 1.33 bits per heavy atom. The molecule has 1 fully saturated rings. The summed E-state index contributed by atoms with van der Waals surface area (Å²) in [5.74, 6) is 0.320. The zero-order valence-electron chi connectivity index (χ0n) is 8.67. The van der Waals surface area contributed by atoms with Crippen molar-refractivity contribution < 1.29 is 5.11 Å². The zero-order valence-corrected chi connectivity index (χ0v) is 10.3. The summed E-state index contributed by atoms with van der Waals surface area (Å²) in [6.45, 7) is 0.853. The standard InChI is InChI=1S/C12H16BrNO/c13-11-6-5-9(7-12(11)15)8-14-10-3-1-2-4-10/h5-7,10,14-15H,1-4,8H2. The van der Waals surface area contributed by atoms with Crippen molar-refractivity contribution in [2.75, 3.05) is 0 Å². The smallest absolute Gasteiger partial charge is 0.130 e. The molecule has 0 amide bonds. The number of hydrogen-bond acceptors (Lipinski definition) is 2. The van der Waals surface area contributed by atoms with E-state index in [2.05, 4.69) is 21.2 Å². The van der Waals surface area contributed by atoms with Crippen molar-refractivity contribution in [3.8, 4) is 5.75 Å². The molecule has 1 saturated carbocycles. The van der Waals surface area contributed by atoms with Crippen LogP contribution in [0.3, 0.4) is 0 Å². The maximum atomic E-state index is 9.52. The highest BCUT2D eigenvalue weighted by Gasteiger charge is 2.13. The highest BCUT2D eigenvalue weighted by Crippen LogP contribution is 2.24. The van der Waals surface area contributed by atoms with Gasteiger partial charge in [0.25, 0.3) is 0 Å². The first-order valence-corrected chi connectivity index (χ1v) is 6.26. The minimum absolute atomic E-state index is 0.320. The Labute approximate surface area is 98.8 Å². The van der Waals surface area contributed by atoms with Gasteiger partial charge in [-0.05, 0) is 46.5 Å². The summed E-state index contributed by atoms with van der Waals surface area (Å²) in [6, 6.07) is 6.41. The molecule has 0 unspecified atom stereocenters. The van der Waals surface area contributed by atoms with E-state index in [-0.39, 0.29) is 0 Å². The molecular weight excluding hydrogens is 254 g/mol. The molecule has 2 N–H and O–H groups in total. The summed E-state index contributed by atoms with van der Waals surface area (Å²) in [5, 5.41) is 13.0. The predicted molar refractivity (Wildman–Crippen MR) is 64.9 cm³/mol. The summed E-state index contributed by atoms with van der Waals surface area (Å²) >= 11 is 3.28. The van der Waals surface area contributed by atoms with E-state index in [9.17, 15) is 5.11 Å². The summed E-state index contributed by atoms with van der Waals surface area (Å²) in [4.78, 5) is 0. The van der Waals surface area contributed by atoms with Crippen molar-refractivity contribution in [2.45, 2.75) is 38.3 Å². The average Bonchev–Trinajstić information content (AvgIpc) is 2.73. The van der Waals surface area contributed by atoms with Crippen LogP contribution >= 0.6 is 15.9 Å². The number of aromatic hydroxyl groups is 1. The van der Waals surface area contributed by atoms with Crippen LogP contribution in [0.5, 0.6) is 5.75 Å². The molecule has 0 spiro atoms. The molecule has 0 bridgehead atoms. The Kier molecular flexibility index (Phi) is 3.65. The SMILES string of the molecule is Oc1cc(CNC2CCCC2)ccc1Br. The molecule has 0 atom stereocenters. The van der Waals surface area contributed by atoms with E-state index in [4.69, 9.17) is 0 Å². The lowest BCUT2D eigenvalue weighted by Gasteiger charge is -2.11. The first-order valence-electron chi connectivity index (χ1n) is 5.46. The van der Waals surface area contributed by atoms with Crippen LogP contribution in [0.25, 0.3) is 0 Å². The second-order valence-electron chi connectivity index (χ2n) is 4.15. The minimum Gasteiger partial charge on any atom is -0.507 e. The Morgan fingerprint density at radius 3 is 2.73 bits per heavy atom. The van der Waals surface area contributed by atoms with Crippen LogP contribution in [0, 0.1) is 0 Å². The van der Waals surface area contributed by atoms with Gasteiger partial charge in [-0.3, -0.25) is 0 Å². The number of rotatable bonds is 3. The van der Waals surface area contributed by atoms with Crippen LogP contribution in [-0.4, -0.2) is 11.1 Å². The van der Waals surface area contributed by atoms with Gasteiger partial charge in [0.05, 0.1) is 4.47 Å². The first kappa shape index (κ1) is 11.0. The second kappa shape index (κ2) is 4.99. The fourth-order valence-electron chi connectivity index (χ4n) is 2.06. The van der Waals surface area contributed by atoms with Gasteiger partial charge in [-0.1, -0.05) is 18.9 Å². The molecule has 1 aliphatic carbocycles. The van der Waals surface area contributed by atoms with Gasteiger partial charge < -0.3 is 10.4 Å². The third kappa shape index (κ3) is 2.95. The van der Waals surface area contributed by atoms with Gasteiger partial charge in [0.1, 0.15) is 5.75 Å². The van der Waals surface area contributed by atoms with E-state index >= 15 is 0 Å². The Balaban J connectivity index is 1.90. The topological polar surface area (TPSA) is 32.3 Å². The van der Waals surface area contributed by atoms with Crippen molar-refractivity contribution >= 4 is 15.9 Å². The van der Waals surface area contributed by atoms with E-state index in [1.165, 1.54) is 25.7 Å². The molecule has 1 aromatic carbocycles. The minimum atomic E-state index is 0.320. The number of nitrogens with one attached hydrogen (secondary N) is 1. The third-order valence-corrected chi connectivity index (χ3v) is 3.63. The number of phenols is 1. The van der Waals surface area contributed by atoms with E-state index in [1.807, 2.05) is 18.2 Å². The second-order valence-corrected chi connectivity index (χ2v) is 5.00. The molecule has 3 heteroatoms. The van der Waals surface area contributed by atoms with Crippen LogP contribution in [0.15, 0.2) is 22.7 Å². The van der Waals surface area contributed by atoms with Gasteiger partial charge in [0, 0.05) is 12.6 Å². The Hall–Kier alpha value is -0.540. The van der Waals surface area contributed by atoms with Crippen LogP contribution in [0.1, 0.15) is 31.2 Å². The lowest BCUT2D eigenvalue weighted by Crippen LogP contribution is -2.25. The fraction of sp³-hybridized carbons (Fsp3) is 0.500. The number of hydrogen-bond donors (Lipinski definition) is 2. The molecule has 2 rings (SSSR count). The maximum Gasteiger partial charge on any atom is 0.130 e. The number of halogens is 1. The lowest BCUT2D eigenvalue weighted by molar-refractivity contribution is 0.469. The summed E-state index contributed by atoms with van der Waals surface area (Å²) in [6.07, 6.45) is 5.29. The van der Waals surface area contributed by atoms with E-state index in [0.717, 1.165) is 16.6 Å². The molecule has 0 aromatic heterocycles. The van der Waals surface area contributed by atoms with E-state index < -0.39 is 0 Å². The molecule has 1 aliphatic rings. The lowest BCUT2D eigenvalue weighted by atomic mass is 10.2. The van der Waals surface area contributed by atoms with Gasteiger partial charge in [0.2, 0.25) is 0 Å². The monoisotopic (exact) mass is 269 g/mol. The fourth-order valence-corrected chi connectivity index (χ4v) is 2.31. The molecule has 0 saturated heterocycles. The molecule has 82 valence electrons. The molecule has 0 heterocycles. The van der Waals surface area contributed by atoms with Crippen LogP contribution in [0.4, 0.5) is 0 Å². The van der Waals surface area contributed by atoms with E-state index in [0.29, 0.717) is 11.8 Å². The van der Waals surface area contributed by atoms with Crippen molar-refractivity contribution in [3.05, 3.63) is 28.2 Å². The number of benzene rings is 1. The highest BCUT2D eigenvalue weighted by molar-refractivity contribution is 9.10. The summed E-state index contributed by atoms with van der Waals surface area (Å²) in [7, 11) is 0. The average molecular weight is 270 g/mol. The summed E-state index contributed by atoms with van der Waals surface area (Å²) < 4.78 is 0.757. The summed E-state index contributed by atoms with van der Waals surface area (Å²) in [5.41, 5.74) is 1.14. The molecule has 1 aromatic rings. The van der Waals surface area contributed by atoms with Gasteiger partial charge in [-0.25, -0.2) is 0 Å². The van der Waals surface area contributed by atoms with Crippen LogP contribution < -0.4 is 5.32 Å². The third-order valence-electron chi connectivity index (χ3n) is 2.96. The van der Waals surface area contributed by atoms with Gasteiger partial charge in [-0.2, -0.15) is 0 Å². The van der Waals surface area contributed by atoms with Gasteiger partial charge in [0.15, 0.2) is 0 Å². The van der Waals surface area contributed by atoms with Crippen LogP contribution in [0.2, 0.25) is 0 Å². The number of phenolic OH excluding ortho intramolecular Hbond substituents is 1. The van der Waals surface area contributed by atoms with Crippen molar-refractivity contribution in [3.63, 3.8) is 0 Å². The molecule has 0 aliphatic heterocycles. The molecule has 15 heavy (non-hydrogen) atoms. The predicted octanol–water partition coefficient (Wildman–Crippen LogP) is 3.19. The van der Waals surface area contributed by atoms with Crippen molar-refractivity contribution in [1.29, 1.82) is 0 Å². The van der Waals surface area contributed by atoms with Crippen LogP contribution in [-0.2, 0) is 6.54 Å².